The molecule has 0 saturated heterocycles. The molecule has 0 fully saturated rings. The molecule has 1 aromatic heterocycles. The van der Waals surface area contributed by atoms with Crippen molar-refractivity contribution in [1.82, 2.24) is 5.32 Å². The topological polar surface area (TPSA) is 34.4 Å². The van der Waals surface area contributed by atoms with Crippen LogP contribution in [0.25, 0.3) is 11.0 Å². The molecule has 98 valence electrons. The number of rotatable bonds is 6. The van der Waals surface area contributed by atoms with Gasteiger partial charge in [0.1, 0.15) is 11.3 Å². The van der Waals surface area contributed by atoms with Crippen molar-refractivity contribution < 1.29 is 9.15 Å². The average Bonchev–Trinajstić information content (AvgIpc) is 2.77. The number of hydrogen-bond acceptors (Lipinski definition) is 3. The number of benzene rings is 1. The molecule has 0 amide bonds. The van der Waals surface area contributed by atoms with E-state index >= 15 is 0 Å². The molecule has 0 bridgehead atoms. The number of furan rings is 1. The monoisotopic (exact) mass is 247 g/mol. The highest BCUT2D eigenvalue weighted by atomic mass is 16.5. The normalized spacial score (nSPS) is 13.3. The molecule has 2 rings (SSSR count). The molecular weight excluding hydrogens is 226 g/mol. The summed E-state index contributed by atoms with van der Waals surface area (Å²) in [6.07, 6.45) is 0. The highest BCUT2D eigenvalue weighted by Gasteiger charge is 2.14. The zero-order valence-electron chi connectivity index (χ0n) is 11.3. The van der Waals surface area contributed by atoms with E-state index in [0.29, 0.717) is 12.5 Å². The van der Waals surface area contributed by atoms with Crippen molar-refractivity contribution in [2.24, 2.45) is 5.92 Å². The molecule has 3 heteroatoms. The van der Waals surface area contributed by atoms with Crippen molar-refractivity contribution >= 4 is 11.0 Å². The lowest BCUT2D eigenvalue weighted by Crippen LogP contribution is -2.22. The van der Waals surface area contributed by atoms with Gasteiger partial charge in [-0.2, -0.15) is 0 Å². The van der Waals surface area contributed by atoms with Crippen LogP contribution in [0.15, 0.2) is 34.7 Å². The van der Waals surface area contributed by atoms with Gasteiger partial charge in [-0.1, -0.05) is 32.0 Å². The van der Waals surface area contributed by atoms with E-state index in [1.165, 1.54) is 0 Å². The van der Waals surface area contributed by atoms with E-state index < -0.39 is 0 Å². The largest absolute Gasteiger partial charge is 0.459 e. The smallest absolute Gasteiger partial charge is 0.134 e. The third kappa shape index (κ3) is 3.12. The molecule has 1 N–H and O–H groups in total. The van der Waals surface area contributed by atoms with Gasteiger partial charge in [-0.25, -0.2) is 0 Å². The molecular formula is C15H21NO2. The Kier molecular flexibility index (Phi) is 4.39. The SMILES string of the molecule is CNC(COCC(C)C)c1cc2ccccc2o1. The molecule has 0 radical (unpaired) electrons. The standard InChI is InChI=1S/C15H21NO2/c1-11(2)9-17-10-13(16-3)15-8-12-6-4-5-7-14(12)18-15/h4-8,11,13,16H,9-10H2,1-3H3. The van der Waals surface area contributed by atoms with Crippen LogP contribution >= 0.6 is 0 Å². The first-order valence-corrected chi connectivity index (χ1v) is 6.44. The van der Waals surface area contributed by atoms with Crippen LogP contribution in [0.2, 0.25) is 0 Å². The summed E-state index contributed by atoms with van der Waals surface area (Å²) in [5.74, 6) is 1.49. The molecule has 1 heterocycles. The summed E-state index contributed by atoms with van der Waals surface area (Å²) >= 11 is 0. The molecule has 0 saturated carbocycles. The van der Waals surface area contributed by atoms with Gasteiger partial charge < -0.3 is 14.5 Å². The molecule has 0 aliphatic carbocycles. The lowest BCUT2D eigenvalue weighted by molar-refractivity contribution is 0.0873. The molecule has 0 spiro atoms. The number of likely N-dealkylation sites (N-methyl/N-ethyl adjacent to an activating group) is 1. The Labute approximate surface area is 108 Å². The van der Waals surface area contributed by atoms with Crippen molar-refractivity contribution in [3.63, 3.8) is 0 Å². The number of ether oxygens (including phenoxy) is 1. The zero-order chi connectivity index (χ0) is 13.0. The van der Waals surface area contributed by atoms with E-state index in [0.717, 1.165) is 23.3 Å². The van der Waals surface area contributed by atoms with Crippen LogP contribution in [0.4, 0.5) is 0 Å². The fraction of sp³-hybridized carbons (Fsp3) is 0.467. The Balaban J connectivity index is 2.07. The predicted octanol–water partition coefficient (Wildman–Crippen LogP) is 3.37. The van der Waals surface area contributed by atoms with E-state index in [-0.39, 0.29) is 6.04 Å². The van der Waals surface area contributed by atoms with Gasteiger partial charge in [0.2, 0.25) is 0 Å². The third-order valence-corrected chi connectivity index (χ3v) is 2.87. The maximum Gasteiger partial charge on any atom is 0.134 e. The second-order valence-corrected chi connectivity index (χ2v) is 4.96. The van der Waals surface area contributed by atoms with E-state index in [4.69, 9.17) is 9.15 Å². The zero-order valence-corrected chi connectivity index (χ0v) is 11.3. The highest BCUT2D eigenvalue weighted by Crippen LogP contribution is 2.23. The molecule has 0 aliphatic heterocycles. The maximum absolute atomic E-state index is 5.84. The van der Waals surface area contributed by atoms with Gasteiger partial charge in [0.15, 0.2) is 0 Å². The van der Waals surface area contributed by atoms with Gasteiger partial charge in [-0.05, 0) is 25.1 Å². The molecule has 1 aromatic carbocycles. The number of nitrogens with one attached hydrogen (secondary N) is 1. The molecule has 0 aliphatic rings. The average molecular weight is 247 g/mol. The Bertz CT molecular complexity index is 457. The minimum atomic E-state index is 0.108. The molecule has 2 aromatic rings. The summed E-state index contributed by atoms with van der Waals surface area (Å²) < 4.78 is 11.5. The van der Waals surface area contributed by atoms with Crippen molar-refractivity contribution in [2.45, 2.75) is 19.9 Å². The molecule has 1 unspecified atom stereocenters. The van der Waals surface area contributed by atoms with Gasteiger partial charge in [0.05, 0.1) is 12.6 Å². The minimum Gasteiger partial charge on any atom is -0.459 e. The lowest BCUT2D eigenvalue weighted by Gasteiger charge is -2.14. The Morgan fingerprint density at radius 2 is 2.00 bits per heavy atom. The fourth-order valence-electron chi connectivity index (χ4n) is 1.90. The van der Waals surface area contributed by atoms with Crippen LogP contribution in [-0.2, 0) is 4.74 Å². The number of para-hydroxylation sites is 1. The quantitative estimate of drug-likeness (QED) is 0.850. The van der Waals surface area contributed by atoms with Crippen molar-refractivity contribution in [1.29, 1.82) is 0 Å². The summed E-state index contributed by atoms with van der Waals surface area (Å²) in [6.45, 7) is 5.71. The number of hydrogen-bond donors (Lipinski definition) is 1. The summed E-state index contributed by atoms with van der Waals surface area (Å²) in [6, 6.07) is 10.2. The first-order chi connectivity index (χ1) is 8.70. The first-order valence-electron chi connectivity index (χ1n) is 6.44. The van der Waals surface area contributed by atoms with Crippen LogP contribution < -0.4 is 5.32 Å². The summed E-state index contributed by atoms with van der Waals surface area (Å²) in [7, 11) is 1.93. The third-order valence-electron chi connectivity index (χ3n) is 2.87. The van der Waals surface area contributed by atoms with E-state index in [9.17, 15) is 0 Å². The van der Waals surface area contributed by atoms with Crippen LogP contribution in [-0.4, -0.2) is 20.3 Å². The van der Waals surface area contributed by atoms with Gasteiger partial charge in [0, 0.05) is 12.0 Å². The van der Waals surface area contributed by atoms with Crippen LogP contribution in [0.3, 0.4) is 0 Å². The van der Waals surface area contributed by atoms with Gasteiger partial charge >= 0.3 is 0 Å². The predicted molar refractivity (Wildman–Crippen MR) is 73.7 cm³/mol. The van der Waals surface area contributed by atoms with E-state index in [2.05, 4.69) is 31.3 Å². The summed E-state index contributed by atoms with van der Waals surface area (Å²) in [5, 5.41) is 4.37. The van der Waals surface area contributed by atoms with Crippen LogP contribution in [0, 0.1) is 5.92 Å². The van der Waals surface area contributed by atoms with E-state index in [1.54, 1.807) is 0 Å². The Hall–Kier alpha value is -1.32. The highest BCUT2D eigenvalue weighted by molar-refractivity contribution is 5.77. The Morgan fingerprint density at radius 1 is 1.22 bits per heavy atom. The minimum absolute atomic E-state index is 0.108. The number of fused-ring (bicyclic) bond motifs is 1. The molecule has 3 nitrogen and oxygen atoms in total. The van der Waals surface area contributed by atoms with Crippen molar-refractivity contribution in [3.8, 4) is 0 Å². The van der Waals surface area contributed by atoms with Gasteiger partial charge in [-0.3, -0.25) is 0 Å². The fourth-order valence-corrected chi connectivity index (χ4v) is 1.90. The second-order valence-electron chi connectivity index (χ2n) is 4.96. The molecule has 18 heavy (non-hydrogen) atoms. The summed E-state index contributed by atoms with van der Waals surface area (Å²) in [5.41, 5.74) is 0.927. The van der Waals surface area contributed by atoms with Crippen LogP contribution in [0.1, 0.15) is 25.6 Å². The van der Waals surface area contributed by atoms with Crippen molar-refractivity contribution in [3.05, 3.63) is 36.1 Å². The Morgan fingerprint density at radius 3 is 2.67 bits per heavy atom. The summed E-state index contributed by atoms with van der Waals surface area (Å²) in [4.78, 5) is 0. The van der Waals surface area contributed by atoms with Crippen LogP contribution in [0.5, 0.6) is 0 Å². The van der Waals surface area contributed by atoms with Gasteiger partial charge in [-0.15, -0.1) is 0 Å². The maximum atomic E-state index is 5.84. The second kappa shape index (κ2) is 6.03. The van der Waals surface area contributed by atoms with Gasteiger partial charge in [0.25, 0.3) is 0 Å². The lowest BCUT2D eigenvalue weighted by atomic mass is 10.2. The first kappa shape index (κ1) is 13.1. The van der Waals surface area contributed by atoms with E-state index in [1.807, 2.05) is 25.2 Å². The molecule has 1 atom stereocenters. The van der Waals surface area contributed by atoms with Crippen molar-refractivity contribution in [2.75, 3.05) is 20.3 Å².